The smallest absolute Gasteiger partial charge is 0.156 e. The molecule has 0 fully saturated rings. The van der Waals surface area contributed by atoms with Crippen molar-refractivity contribution < 1.29 is 4.42 Å². The van der Waals surface area contributed by atoms with Gasteiger partial charge in [-0.05, 0) is 42.0 Å². The van der Waals surface area contributed by atoms with Crippen molar-refractivity contribution in [1.82, 2.24) is 9.78 Å². The van der Waals surface area contributed by atoms with Crippen LogP contribution in [0.2, 0.25) is 0 Å². The third kappa shape index (κ3) is 3.91. The molecule has 0 aliphatic carbocycles. The minimum Gasteiger partial charge on any atom is -0.454 e. The number of furan rings is 1. The molecule has 0 bridgehead atoms. The van der Waals surface area contributed by atoms with Crippen molar-refractivity contribution in [3.8, 4) is 17.1 Å². The number of aromatic nitrogens is 2. The number of hydrazone groups is 1. The Bertz CT molecular complexity index is 1670. The molecule has 7 rings (SSSR count). The molecule has 0 radical (unpaired) electrons. The monoisotopic (exact) mass is 480 g/mol. The summed E-state index contributed by atoms with van der Waals surface area (Å²) in [6.45, 7) is 0. The lowest BCUT2D eigenvalue weighted by Crippen LogP contribution is -2.18. The second-order valence-corrected chi connectivity index (χ2v) is 9.17. The van der Waals surface area contributed by atoms with Crippen LogP contribution in [-0.2, 0) is 0 Å². The third-order valence-electron chi connectivity index (χ3n) is 6.82. The largest absolute Gasteiger partial charge is 0.454 e. The van der Waals surface area contributed by atoms with Crippen molar-refractivity contribution in [1.29, 1.82) is 0 Å². The summed E-state index contributed by atoms with van der Waals surface area (Å²) in [4.78, 5) is 0. The molecule has 1 aliphatic rings. The fraction of sp³-hybridized carbons (Fsp3) is 0.0625. The summed E-state index contributed by atoms with van der Waals surface area (Å²) in [5.74, 6) is 0.757. The zero-order valence-electron chi connectivity index (χ0n) is 20.1. The van der Waals surface area contributed by atoms with Crippen molar-refractivity contribution >= 4 is 22.4 Å². The molecule has 0 amide bonds. The Balaban J connectivity index is 1.40. The molecule has 6 aromatic rings. The maximum Gasteiger partial charge on any atom is 0.156 e. The minimum absolute atomic E-state index is 0.0433. The Morgan fingerprint density at radius 2 is 1.35 bits per heavy atom. The van der Waals surface area contributed by atoms with Crippen LogP contribution in [0, 0.1) is 0 Å². The van der Waals surface area contributed by atoms with Gasteiger partial charge in [0.2, 0.25) is 0 Å². The van der Waals surface area contributed by atoms with Gasteiger partial charge in [0.15, 0.2) is 5.76 Å². The van der Waals surface area contributed by atoms with Gasteiger partial charge < -0.3 is 4.42 Å². The van der Waals surface area contributed by atoms with Gasteiger partial charge in [-0.15, -0.1) is 0 Å². The van der Waals surface area contributed by atoms with Gasteiger partial charge in [0.05, 0.1) is 23.1 Å². The lowest BCUT2D eigenvalue weighted by molar-refractivity contribution is 0.623. The molecule has 0 unspecified atom stereocenters. The zero-order chi connectivity index (χ0) is 24.6. The topological polar surface area (TPSA) is 46.6 Å². The summed E-state index contributed by atoms with van der Waals surface area (Å²) in [7, 11) is 0. The molecule has 1 aliphatic heterocycles. The number of nitrogens with zero attached hydrogens (tertiary/aromatic N) is 4. The third-order valence-corrected chi connectivity index (χ3v) is 6.82. The maximum absolute atomic E-state index is 6.32. The van der Waals surface area contributed by atoms with Crippen molar-refractivity contribution in [2.24, 2.45) is 5.10 Å². The molecule has 0 spiro atoms. The minimum atomic E-state index is -0.0433. The van der Waals surface area contributed by atoms with Crippen molar-refractivity contribution in [2.45, 2.75) is 12.5 Å². The molecule has 5 nitrogen and oxygen atoms in total. The van der Waals surface area contributed by atoms with Crippen molar-refractivity contribution in [3.05, 3.63) is 139 Å². The SMILES string of the molecule is c1ccc(C2=NN(c3ccccc3)[C@@H](c3cn(-c4ccccc4)nc3-c3cc4ccccc4o3)C2)cc1. The first-order valence-electron chi connectivity index (χ1n) is 12.4. The molecule has 3 heterocycles. The van der Waals surface area contributed by atoms with Crippen LogP contribution in [-0.4, -0.2) is 15.5 Å². The van der Waals surface area contributed by atoms with E-state index in [1.54, 1.807) is 0 Å². The summed E-state index contributed by atoms with van der Waals surface area (Å²) in [5.41, 5.74) is 6.98. The molecular weight excluding hydrogens is 456 g/mol. The number of benzene rings is 4. The van der Waals surface area contributed by atoms with E-state index in [1.165, 1.54) is 0 Å². The quantitative estimate of drug-likeness (QED) is 0.255. The van der Waals surface area contributed by atoms with Gasteiger partial charge in [0, 0.05) is 23.6 Å². The average molecular weight is 481 g/mol. The number of para-hydroxylation sites is 3. The van der Waals surface area contributed by atoms with E-state index in [9.17, 15) is 0 Å². The molecule has 5 heteroatoms. The van der Waals surface area contributed by atoms with Gasteiger partial charge in [-0.25, -0.2) is 4.68 Å². The summed E-state index contributed by atoms with van der Waals surface area (Å²) >= 11 is 0. The van der Waals surface area contributed by atoms with E-state index in [0.29, 0.717) is 0 Å². The summed E-state index contributed by atoms with van der Waals surface area (Å²) in [5, 5.41) is 13.4. The molecule has 0 N–H and O–H groups in total. The van der Waals surface area contributed by atoms with Crippen LogP contribution >= 0.6 is 0 Å². The molecule has 1 atom stereocenters. The van der Waals surface area contributed by atoms with E-state index in [-0.39, 0.29) is 6.04 Å². The number of rotatable bonds is 5. The highest BCUT2D eigenvalue weighted by Crippen LogP contribution is 2.41. The summed E-state index contributed by atoms with van der Waals surface area (Å²) < 4.78 is 8.27. The highest BCUT2D eigenvalue weighted by molar-refractivity contribution is 6.03. The Labute approximate surface area is 214 Å². The fourth-order valence-corrected chi connectivity index (χ4v) is 5.01. The van der Waals surface area contributed by atoms with E-state index in [2.05, 4.69) is 84.0 Å². The van der Waals surface area contributed by atoms with Gasteiger partial charge in [0.1, 0.15) is 11.3 Å². The predicted molar refractivity (Wildman–Crippen MR) is 148 cm³/mol. The zero-order valence-corrected chi connectivity index (χ0v) is 20.1. The van der Waals surface area contributed by atoms with Crippen LogP contribution in [0.25, 0.3) is 28.1 Å². The van der Waals surface area contributed by atoms with Crippen LogP contribution in [0.3, 0.4) is 0 Å². The first-order chi connectivity index (χ1) is 18.3. The summed E-state index contributed by atoms with van der Waals surface area (Å²) in [6.07, 6.45) is 2.88. The van der Waals surface area contributed by atoms with Crippen molar-refractivity contribution in [3.63, 3.8) is 0 Å². The Morgan fingerprint density at radius 1 is 0.703 bits per heavy atom. The van der Waals surface area contributed by atoms with Gasteiger partial charge in [0.25, 0.3) is 0 Å². The van der Waals surface area contributed by atoms with Crippen molar-refractivity contribution in [2.75, 3.05) is 5.01 Å². The van der Waals surface area contributed by atoms with Crippen LogP contribution in [0.4, 0.5) is 5.69 Å². The number of anilines is 1. The molecule has 178 valence electrons. The Morgan fingerprint density at radius 3 is 2.08 bits per heavy atom. The predicted octanol–water partition coefficient (Wildman–Crippen LogP) is 7.64. The number of hydrogen-bond acceptors (Lipinski definition) is 4. The van der Waals surface area contributed by atoms with Crippen LogP contribution in [0.15, 0.2) is 137 Å². The Kier molecular flexibility index (Phi) is 5.18. The molecular formula is C32H24N4O. The molecule has 37 heavy (non-hydrogen) atoms. The van der Waals surface area contributed by atoms with Crippen LogP contribution in [0.1, 0.15) is 23.6 Å². The van der Waals surface area contributed by atoms with E-state index in [1.807, 2.05) is 53.2 Å². The standard InChI is InChI=1S/C32H24N4O/c1-4-12-23(13-5-1)28-21-29(36(33-28)26-17-8-3-9-18-26)27-22-35(25-15-6-2-7-16-25)34-32(27)31-20-24-14-10-11-19-30(24)37-31/h1-20,22,29H,21H2/t29-/m1/s1. The molecule has 0 saturated carbocycles. The van der Waals surface area contributed by atoms with Gasteiger partial charge in [-0.2, -0.15) is 10.2 Å². The fourth-order valence-electron chi connectivity index (χ4n) is 5.01. The number of fused-ring (bicyclic) bond motifs is 1. The number of hydrogen-bond donors (Lipinski definition) is 0. The highest BCUT2D eigenvalue weighted by atomic mass is 16.3. The first-order valence-corrected chi connectivity index (χ1v) is 12.4. The van der Waals surface area contributed by atoms with Gasteiger partial charge in [-0.3, -0.25) is 5.01 Å². The van der Waals surface area contributed by atoms with Gasteiger partial charge >= 0.3 is 0 Å². The van der Waals surface area contributed by atoms with Gasteiger partial charge in [-0.1, -0.05) is 84.9 Å². The second-order valence-electron chi connectivity index (χ2n) is 9.17. The van der Waals surface area contributed by atoms with E-state index in [0.717, 1.165) is 57.1 Å². The Hall–Kier alpha value is -4.90. The highest BCUT2D eigenvalue weighted by Gasteiger charge is 2.34. The maximum atomic E-state index is 6.32. The second kappa shape index (κ2) is 8.95. The molecule has 4 aromatic carbocycles. The lowest BCUT2D eigenvalue weighted by atomic mass is 9.97. The van der Waals surface area contributed by atoms with Crippen LogP contribution in [0.5, 0.6) is 0 Å². The van der Waals surface area contributed by atoms with Crippen LogP contribution < -0.4 is 5.01 Å². The lowest BCUT2D eigenvalue weighted by Gasteiger charge is -2.23. The van der Waals surface area contributed by atoms with E-state index in [4.69, 9.17) is 14.6 Å². The molecule has 0 saturated heterocycles. The molecule has 2 aromatic heterocycles. The average Bonchev–Trinajstić information content (AvgIpc) is 3.71. The normalized spacial score (nSPS) is 15.3. The van der Waals surface area contributed by atoms with E-state index >= 15 is 0 Å². The summed E-state index contributed by atoms with van der Waals surface area (Å²) in [6, 6.07) is 41.1. The first kappa shape index (κ1) is 21.4. The van der Waals surface area contributed by atoms with E-state index < -0.39 is 0 Å².